The van der Waals surface area contributed by atoms with Gasteiger partial charge in [-0.25, -0.2) is 8.78 Å². The average molecular weight is 312 g/mol. The fourth-order valence-corrected chi connectivity index (χ4v) is 2.66. The summed E-state index contributed by atoms with van der Waals surface area (Å²) in [5.74, 6) is -3.56. The molecule has 0 aliphatic heterocycles. The van der Waals surface area contributed by atoms with E-state index in [0.29, 0.717) is 6.42 Å². The Kier molecular flexibility index (Phi) is 4.75. The largest absolute Gasteiger partial charge is 0.396 e. The molecular weight excluding hydrogens is 294 g/mol. The molecule has 22 heavy (non-hydrogen) atoms. The van der Waals surface area contributed by atoms with Crippen molar-refractivity contribution in [3.8, 4) is 0 Å². The van der Waals surface area contributed by atoms with Crippen LogP contribution >= 0.6 is 0 Å². The lowest BCUT2D eigenvalue weighted by Crippen LogP contribution is -2.48. The van der Waals surface area contributed by atoms with Crippen molar-refractivity contribution in [1.29, 1.82) is 0 Å². The Hall–Kier alpha value is -2.02. The predicted molar refractivity (Wildman–Crippen MR) is 76.0 cm³/mol. The Morgan fingerprint density at radius 3 is 2.77 bits per heavy atom. The highest BCUT2D eigenvalue weighted by Gasteiger charge is 2.39. The summed E-state index contributed by atoms with van der Waals surface area (Å²) in [6.45, 7) is 1.73. The molecule has 2 atom stereocenters. The van der Waals surface area contributed by atoms with E-state index in [1.165, 1.54) is 0 Å². The first-order valence-electron chi connectivity index (χ1n) is 7.03. The van der Waals surface area contributed by atoms with Crippen LogP contribution in [0.3, 0.4) is 0 Å². The van der Waals surface area contributed by atoms with Crippen molar-refractivity contribution in [2.45, 2.75) is 32.2 Å². The second-order valence-corrected chi connectivity index (χ2v) is 5.81. The van der Waals surface area contributed by atoms with Crippen LogP contribution in [0, 0.1) is 17.0 Å². The smallest absolute Gasteiger partial charge is 0.313 e. The molecule has 3 N–H and O–H groups in total. The van der Waals surface area contributed by atoms with E-state index in [-0.39, 0.29) is 12.6 Å². The molecule has 7 heteroatoms. The minimum Gasteiger partial charge on any atom is -0.396 e. The van der Waals surface area contributed by atoms with E-state index in [9.17, 15) is 23.5 Å². The molecule has 0 radical (unpaired) electrons. The lowest BCUT2D eigenvalue weighted by Gasteiger charge is -2.29. The Morgan fingerprint density at radius 1 is 1.36 bits per heavy atom. The van der Waals surface area contributed by atoms with Crippen molar-refractivity contribution in [1.82, 2.24) is 5.32 Å². The average Bonchev–Trinajstić information content (AvgIpc) is 2.84. The zero-order valence-corrected chi connectivity index (χ0v) is 12.2. The van der Waals surface area contributed by atoms with Crippen LogP contribution in [0.4, 0.5) is 14.5 Å². The second-order valence-electron chi connectivity index (χ2n) is 5.81. The molecule has 0 spiro atoms. The van der Waals surface area contributed by atoms with Crippen molar-refractivity contribution >= 4 is 17.5 Å². The van der Waals surface area contributed by atoms with Crippen LogP contribution < -0.4 is 10.6 Å². The maximum absolute atomic E-state index is 13.4. The highest BCUT2D eigenvalue weighted by atomic mass is 19.1. The SMILES string of the molecule is CC1(CO)CCCC1NC(=O)C(=O)Nc1cc(F)ccc1F. The number of aliphatic hydroxyl groups excluding tert-OH is 1. The van der Waals surface area contributed by atoms with Crippen molar-refractivity contribution < 1.29 is 23.5 Å². The molecule has 1 aromatic rings. The van der Waals surface area contributed by atoms with Crippen LogP contribution in [0.1, 0.15) is 26.2 Å². The minimum absolute atomic E-state index is 0.0991. The van der Waals surface area contributed by atoms with Crippen LogP contribution in [0.25, 0.3) is 0 Å². The number of nitrogens with one attached hydrogen (secondary N) is 2. The highest BCUT2D eigenvalue weighted by Crippen LogP contribution is 2.37. The number of anilines is 1. The van der Waals surface area contributed by atoms with Crippen LogP contribution in [0.5, 0.6) is 0 Å². The molecule has 1 aromatic carbocycles. The van der Waals surface area contributed by atoms with Crippen LogP contribution in [0.2, 0.25) is 0 Å². The van der Waals surface area contributed by atoms with Gasteiger partial charge >= 0.3 is 11.8 Å². The topological polar surface area (TPSA) is 78.4 Å². The van der Waals surface area contributed by atoms with Gasteiger partial charge in [-0.15, -0.1) is 0 Å². The number of halogens is 2. The summed E-state index contributed by atoms with van der Waals surface area (Å²) in [6, 6.07) is 2.25. The molecule has 1 fully saturated rings. The maximum Gasteiger partial charge on any atom is 0.313 e. The van der Waals surface area contributed by atoms with Gasteiger partial charge in [0.2, 0.25) is 0 Å². The summed E-state index contributed by atoms with van der Waals surface area (Å²) in [5.41, 5.74) is -0.864. The lowest BCUT2D eigenvalue weighted by atomic mass is 9.86. The Balaban J connectivity index is 2.01. The minimum atomic E-state index is -1.07. The van der Waals surface area contributed by atoms with E-state index < -0.39 is 34.6 Å². The molecule has 2 rings (SSSR count). The first-order valence-corrected chi connectivity index (χ1v) is 7.03. The molecule has 2 amide bonds. The first-order chi connectivity index (χ1) is 10.4. The van der Waals surface area contributed by atoms with Gasteiger partial charge in [0.05, 0.1) is 12.3 Å². The standard InChI is InChI=1S/C15H18F2N2O3/c1-15(8-20)6-2-3-12(15)19-14(22)13(21)18-11-7-9(16)4-5-10(11)17/h4-5,7,12,20H,2-3,6,8H2,1H3,(H,18,21)(H,19,22). The predicted octanol–water partition coefficient (Wildman–Crippen LogP) is 1.57. The number of carbonyl (C=O) groups is 2. The fraction of sp³-hybridized carbons (Fsp3) is 0.467. The van der Waals surface area contributed by atoms with Crippen LogP contribution in [0.15, 0.2) is 18.2 Å². The van der Waals surface area contributed by atoms with Gasteiger partial charge < -0.3 is 15.7 Å². The summed E-state index contributed by atoms with van der Waals surface area (Å²) < 4.78 is 26.5. The van der Waals surface area contributed by atoms with E-state index in [4.69, 9.17) is 0 Å². The van der Waals surface area contributed by atoms with Crippen molar-refractivity contribution in [3.05, 3.63) is 29.8 Å². The summed E-state index contributed by atoms with van der Waals surface area (Å²) in [5, 5.41) is 14.0. The third-order valence-corrected chi connectivity index (χ3v) is 4.13. The molecule has 1 aliphatic carbocycles. The number of benzene rings is 1. The summed E-state index contributed by atoms with van der Waals surface area (Å²) in [7, 11) is 0. The number of rotatable bonds is 3. The summed E-state index contributed by atoms with van der Waals surface area (Å²) in [4.78, 5) is 23.7. The molecule has 0 heterocycles. The van der Waals surface area contributed by atoms with Crippen LogP contribution in [-0.2, 0) is 9.59 Å². The van der Waals surface area contributed by atoms with Gasteiger partial charge in [-0.1, -0.05) is 13.3 Å². The van der Waals surface area contributed by atoms with Gasteiger partial charge in [0.25, 0.3) is 0 Å². The maximum atomic E-state index is 13.4. The van der Waals surface area contributed by atoms with E-state index >= 15 is 0 Å². The van der Waals surface area contributed by atoms with Crippen molar-refractivity contribution in [2.24, 2.45) is 5.41 Å². The van der Waals surface area contributed by atoms with Gasteiger partial charge in [-0.05, 0) is 25.0 Å². The number of amides is 2. The van der Waals surface area contributed by atoms with Gasteiger partial charge in [0, 0.05) is 17.5 Å². The number of carbonyl (C=O) groups excluding carboxylic acids is 2. The third kappa shape index (κ3) is 3.41. The number of aliphatic hydroxyl groups is 1. The van der Waals surface area contributed by atoms with E-state index in [1.807, 2.05) is 12.2 Å². The van der Waals surface area contributed by atoms with E-state index in [1.54, 1.807) is 0 Å². The fourth-order valence-electron chi connectivity index (χ4n) is 2.66. The van der Waals surface area contributed by atoms with Crippen molar-refractivity contribution in [3.63, 3.8) is 0 Å². The lowest BCUT2D eigenvalue weighted by molar-refractivity contribution is -0.137. The normalized spacial score (nSPS) is 24.1. The zero-order chi connectivity index (χ0) is 16.3. The molecule has 2 unspecified atom stereocenters. The molecule has 5 nitrogen and oxygen atoms in total. The third-order valence-electron chi connectivity index (χ3n) is 4.13. The molecule has 0 bridgehead atoms. The molecule has 1 aliphatic rings. The Morgan fingerprint density at radius 2 is 2.09 bits per heavy atom. The van der Waals surface area contributed by atoms with Gasteiger partial charge in [0.15, 0.2) is 0 Å². The highest BCUT2D eigenvalue weighted by molar-refractivity contribution is 6.39. The number of hydrogen-bond donors (Lipinski definition) is 3. The van der Waals surface area contributed by atoms with Gasteiger partial charge in [-0.3, -0.25) is 9.59 Å². The second kappa shape index (κ2) is 6.39. The Bertz CT molecular complexity index is 594. The summed E-state index contributed by atoms with van der Waals surface area (Å²) in [6.07, 6.45) is 2.24. The van der Waals surface area contributed by atoms with Crippen molar-refractivity contribution in [2.75, 3.05) is 11.9 Å². The summed E-state index contributed by atoms with van der Waals surface area (Å²) >= 11 is 0. The monoisotopic (exact) mass is 312 g/mol. The Labute approximate surface area is 126 Å². The molecule has 1 saturated carbocycles. The van der Waals surface area contributed by atoms with E-state index in [2.05, 4.69) is 5.32 Å². The zero-order valence-electron chi connectivity index (χ0n) is 12.2. The quantitative estimate of drug-likeness (QED) is 0.741. The number of hydrogen-bond acceptors (Lipinski definition) is 3. The van der Waals surface area contributed by atoms with Gasteiger partial charge in [0.1, 0.15) is 11.6 Å². The molecular formula is C15H18F2N2O3. The van der Waals surface area contributed by atoms with Crippen LogP contribution in [-0.4, -0.2) is 29.6 Å². The van der Waals surface area contributed by atoms with Gasteiger partial charge in [-0.2, -0.15) is 0 Å². The first kappa shape index (κ1) is 16.4. The molecule has 120 valence electrons. The van der Waals surface area contributed by atoms with E-state index in [0.717, 1.165) is 31.0 Å². The molecule has 0 saturated heterocycles. The molecule has 0 aromatic heterocycles.